The second-order valence-corrected chi connectivity index (χ2v) is 7.74. The third kappa shape index (κ3) is 3.54. The number of carbonyl (C=O) groups excluding carboxylic acids is 1. The Kier molecular flexibility index (Phi) is 4.92. The van der Waals surface area contributed by atoms with Gasteiger partial charge in [-0.05, 0) is 24.3 Å². The number of hydrogen-bond donors (Lipinski definition) is 1. The number of rotatable bonds is 3. The average molecular weight is 374 g/mol. The molecular weight excluding hydrogens is 356 g/mol. The van der Waals surface area contributed by atoms with E-state index < -0.39 is 10.0 Å². The number of nitriles is 1. The topological polar surface area (TPSA) is 111 Å². The van der Waals surface area contributed by atoms with Crippen molar-refractivity contribution in [2.24, 2.45) is 7.05 Å². The molecule has 9 nitrogen and oxygen atoms in total. The van der Waals surface area contributed by atoms with Crippen LogP contribution in [0.5, 0.6) is 0 Å². The van der Waals surface area contributed by atoms with Crippen molar-refractivity contribution < 1.29 is 13.2 Å². The van der Waals surface area contributed by atoms with Crippen LogP contribution in [0.25, 0.3) is 0 Å². The number of sulfonamides is 1. The van der Waals surface area contributed by atoms with Crippen LogP contribution in [-0.2, 0) is 17.1 Å². The van der Waals surface area contributed by atoms with Crippen molar-refractivity contribution in [2.45, 2.75) is 4.90 Å². The van der Waals surface area contributed by atoms with Gasteiger partial charge in [0.2, 0.25) is 10.0 Å². The second kappa shape index (κ2) is 7.15. The Balaban J connectivity index is 1.63. The van der Waals surface area contributed by atoms with Crippen LogP contribution in [0.1, 0.15) is 5.56 Å². The summed E-state index contributed by atoms with van der Waals surface area (Å²) in [6, 6.07) is 9.16. The van der Waals surface area contributed by atoms with Crippen molar-refractivity contribution >= 4 is 21.9 Å². The van der Waals surface area contributed by atoms with E-state index in [-0.39, 0.29) is 24.0 Å². The van der Waals surface area contributed by atoms with Gasteiger partial charge in [0, 0.05) is 39.3 Å². The first kappa shape index (κ1) is 17.9. The molecule has 1 aromatic heterocycles. The summed E-state index contributed by atoms with van der Waals surface area (Å²) in [5.41, 5.74) is 0.403. The van der Waals surface area contributed by atoms with E-state index in [1.165, 1.54) is 28.6 Å². The first-order valence-corrected chi connectivity index (χ1v) is 9.40. The van der Waals surface area contributed by atoms with Gasteiger partial charge in [0.1, 0.15) is 5.82 Å². The average Bonchev–Trinajstić information content (AvgIpc) is 3.06. The summed E-state index contributed by atoms with van der Waals surface area (Å²) in [5, 5.41) is 15.5. The third-order valence-electron chi connectivity index (χ3n) is 4.20. The molecule has 0 bridgehead atoms. The molecule has 2 amide bonds. The maximum atomic E-state index is 12.7. The first-order chi connectivity index (χ1) is 12.4. The van der Waals surface area contributed by atoms with Crippen LogP contribution in [0, 0.1) is 11.3 Å². The zero-order valence-corrected chi connectivity index (χ0v) is 15.0. The van der Waals surface area contributed by atoms with Gasteiger partial charge in [-0.15, -0.1) is 0 Å². The summed E-state index contributed by atoms with van der Waals surface area (Å²) >= 11 is 0. The molecule has 1 aromatic carbocycles. The number of carbonyl (C=O) groups is 1. The lowest BCUT2D eigenvalue weighted by Crippen LogP contribution is -2.51. The van der Waals surface area contributed by atoms with Crippen LogP contribution in [0.4, 0.5) is 10.6 Å². The number of amides is 2. The van der Waals surface area contributed by atoms with Gasteiger partial charge in [-0.3, -0.25) is 10.00 Å². The van der Waals surface area contributed by atoms with Crippen molar-refractivity contribution in [2.75, 3.05) is 31.5 Å². The van der Waals surface area contributed by atoms with E-state index >= 15 is 0 Å². The molecule has 3 rings (SSSR count). The van der Waals surface area contributed by atoms with Gasteiger partial charge in [-0.2, -0.15) is 14.7 Å². The minimum Gasteiger partial charge on any atom is -0.322 e. The highest BCUT2D eigenvalue weighted by molar-refractivity contribution is 7.89. The predicted molar refractivity (Wildman–Crippen MR) is 93.7 cm³/mol. The number of aromatic nitrogens is 2. The summed E-state index contributed by atoms with van der Waals surface area (Å²) in [5.74, 6) is 0.572. The standard InChI is InChI=1S/C16H18N6O3S/c1-20-15(6-7-18-20)19-16(23)21-8-10-22(11-9-21)26(24,25)14-4-2-13(12-17)3-5-14/h2-7H,8-11H2,1H3,(H,19,23). The van der Waals surface area contributed by atoms with Crippen LogP contribution >= 0.6 is 0 Å². The third-order valence-corrected chi connectivity index (χ3v) is 6.12. The van der Waals surface area contributed by atoms with E-state index in [0.29, 0.717) is 24.5 Å². The number of nitrogens with one attached hydrogen (secondary N) is 1. The van der Waals surface area contributed by atoms with E-state index in [1.807, 2.05) is 6.07 Å². The molecule has 0 aliphatic carbocycles. The number of urea groups is 1. The van der Waals surface area contributed by atoms with E-state index in [0.717, 1.165) is 0 Å². The van der Waals surface area contributed by atoms with Crippen LogP contribution in [0.3, 0.4) is 0 Å². The van der Waals surface area contributed by atoms with Crippen molar-refractivity contribution in [1.29, 1.82) is 5.26 Å². The number of anilines is 1. The molecular formula is C16H18N6O3S. The summed E-state index contributed by atoms with van der Waals surface area (Å²) in [4.78, 5) is 14.0. The Hall–Kier alpha value is -2.90. The highest BCUT2D eigenvalue weighted by Crippen LogP contribution is 2.18. The highest BCUT2D eigenvalue weighted by Gasteiger charge is 2.30. The lowest BCUT2D eigenvalue weighted by Gasteiger charge is -2.33. The minimum absolute atomic E-state index is 0.143. The quantitative estimate of drug-likeness (QED) is 0.855. The fourth-order valence-electron chi connectivity index (χ4n) is 2.67. The smallest absolute Gasteiger partial charge is 0.322 e. The number of aryl methyl sites for hydroxylation is 1. The monoisotopic (exact) mass is 374 g/mol. The van der Waals surface area contributed by atoms with Gasteiger partial charge >= 0.3 is 6.03 Å². The molecule has 1 aliphatic heterocycles. The molecule has 1 saturated heterocycles. The van der Waals surface area contributed by atoms with E-state index in [1.54, 1.807) is 28.9 Å². The Morgan fingerprint density at radius 1 is 1.15 bits per heavy atom. The van der Waals surface area contributed by atoms with Gasteiger partial charge in [0.15, 0.2) is 0 Å². The Morgan fingerprint density at radius 2 is 1.81 bits per heavy atom. The second-order valence-electron chi connectivity index (χ2n) is 5.80. The molecule has 1 N–H and O–H groups in total. The fourth-order valence-corrected chi connectivity index (χ4v) is 4.09. The molecule has 10 heteroatoms. The molecule has 1 fully saturated rings. The number of benzene rings is 1. The molecule has 1 aliphatic rings. The number of hydrogen-bond acceptors (Lipinski definition) is 5. The van der Waals surface area contributed by atoms with Gasteiger partial charge in [0.25, 0.3) is 0 Å². The molecule has 0 atom stereocenters. The molecule has 0 unspecified atom stereocenters. The van der Waals surface area contributed by atoms with Gasteiger partial charge in [0.05, 0.1) is 22.7 Å². The SMILES string of the molecule is Cn1nccc1NC(=O)N1CCN(S(=O)(=O)c2ccc(C#N)cc2)CC1. The zero-order valence-electron chi connectivity index (χ0n) is 14.2. The van der Waals surface area contributed by atoms with Crippen molar-refractivity contribution in [3.63, 3.8) is 0 Å². The minimum atomic E-state index is -3.64. The molecule has 26 heavy (non-hydrogen) atoms. The van der Waals surface area contributed by atoms with Crippen molar-refractivity contribution in [1.82, 2.24) is 19.0 Å². The molecule has 0 spiro atoms. The maximum Gasteiger partial charge on any atom is 0.323 e. The summed E-state index contributed by atoms with van der Waals surface area (Å²) in [7, 11) is -1.92. The van der Waals surface area contributed by atoms with Crippen molar-refractivity contribution in [3.8, 4) is 6.07 Å². The Morgan fingerprint density at radius 3 is 2.35 bits per heavy atom. The van der Waals surface area contributed by atoms with Crippen molar-refractivity contribution in [3.05, 3.63) is 42.1 Å². The lowest BCUT2D eigenvalue weighted by atomic mass is 10.2. The maximum absolute atomic E-state index is 12.7. The van der Waals surface area contributed by atoms with Gasteiger partial charge in [-0.1, -0.05) is 0 Å². The largest absolute Gasteiger partial charge is 0.323 e. The van der Waals surface area contributed by atoms with E-state index in [2.05, 4.69) is 10.4 Å². The zero-order chi connectivity index (χ0) is 18.7. The van der Waals surface area contributed by atoms with Crippen LogP contribution in [-0.4, -0.2) is 59.6 Å². The van der Waals surface area contributed by atoms with E-state index in [4.69, 9.17) is 5.26 Å². The van der Waals surface area contributed by atoms with Gasteiger partial charge in [-0.25, -0.2) is 13.2 Å². The predicted octanol–water partition coefficient (Wildman–Crippen LogP) is 0.830. The lowest BCUT2D eigenvalue weighted by molar-refractivity contribution is 0.184. The van der Waals surface area contributed by atoms with Crippen LogP contribution in [0.15, 0.2) is 41.4 Å². The summed E-state index contributed by atoms with van der Waals surface area (Å²) < 4.78 is 28.2. The Labute approximate surface area is 151 Å². The Bertz CT molecular complexity index is 937. The number of piperazine rings is 1. The van der Waals surface area contributed by atoms with Crippen LogP contribution < -0.4 is 5.32 Å². The highest BCUT2D eigenvalue weighted by atomic mass is 32.2. The number of nitrogens with zero attached hydrogens (tertiary/aromatic N) is 5. The molecule has 0 saturated carbocycles. The fraction of sp³-hybridized carbons (Fsp3) is 0.312. The molecule has 0 radical (unpaired) electrons. The normalized spacial score (nSPS) is 15.5. The molecule has 136 valence electrons. The van der Waals surface area contributed by atoms with Crippen LogP contribution in [0.2, 0.25) is 0 Å². The molecule has 2 aromatic rings. The molecule has 2 heterocycles. The first-order valence-electron chi connectivity index (χ1n) is 7.96. The summed E-state index contributed by atoms with van der Waals surface area (Å²) in [6.07, 6.45) is 1.58. The summed E-state index contributed by atoms with van der Waals surface area (Å²) in [6.45, 7) is 1.00. The van der Waals surface area contributed by atoms with E-state index in [9.17, 15) is 13.2 Å². The van der Waals surface area contributed by atoms with Gasteiger partial charge < -0.3 is 4.90 Å².